The summed E-state index contributed by atoms with van der Waals surface area (Å²) >= 11 is 5.91. The van der Waals surface area contributed by atoms with E-state index in [2.05, 4.69) is 5.32 Å². The van der Waals surface area contributed by atoms with Gasteiger partial charge in [-0.25, -0.2) is 4.39 Å². The molecular formula is C10H11ClFN. The molecule has 1 aromatic rings. The number of benzene rings is 1. The standard InChI is InChI=1S/C10H11ClFN/c11-7-3-1-2-4-9(7)13-10-6-5-8(10)12/h1-4,8,10,13H,5-6H2. The van der Waals surface area contributed by atoms with Gasteiger partial charge in [0.25, 0.3) is 0 Å². The van der Waals surface area contributed by atoms with Crippen LogP contribution in [0.4, 0.5) is 10.1 Å². The van der Waals surface area contributed by atoms with Crippen molar-refractivity contribution in [2.45, 2.75) is 25.1 Å². The lowest BCUT2D eigenvalue weighted by molar-refractivity contribution is 0.186. The molecule has 1 saturated carbocycles. The van der Waals surface area contributed by atoms with E-state index in [1.807, 2.05) is 18.2 Å². The van der Waals surface area contributed by atoms with E-state index in [9.17, 15) is 4.39 Å². The monoisotopic (exact) mass is 199 g/mol. The SMILES string of the molecule is FC1CCC1Nc1ccccc1Cl. The maximum Gasteiger partial charge on any atom is 0.120 e. The van der Waals surface area contributed by atoms with E-state index in [4.69, 9.17) is 11.6 Å². The molecule has 1 aliphatic carbocycles. The lowest BCUT2D eigenvalue weighted by Crippen LogP contribution is -2.39. The molecule has 2 rings (SSSR count). The van der Waals surface area contributed by atoms with Gasteiger partial charge in [0, 0.05) is 0 Å². The van der Waals surface area contributed by atoms with Crippen LogP contribution in [0, 0.1) is 0 Å². The van der Waals surface area contributed by atoms with Gasteiger partial charge in [0.1, 0.15) is 6.17 Å². The highest BCUT2D eigenvalue weighted by molar-refractivity contribution is 6.33. The molecule has 0 saturated heterocycles. The molecule has 0 bridgehead atoms. The number of nitrogens with one attached hydrogen (secondary N) is 1. The van der Waals surface area contributed by atoms with Crippen LogP contribution in [0.5, 0.6) is 0 Å². The van der Waals surface area contributed by atoms with Gasteiger partial charge in [-0.05, 0) is 25.0 Å². The first kappa shape index (κ1) is 8.82. The molecule has 0 aliphatic heterocycles. The first-order valence-corrected chi connectivity index (χ1v) is 4.80. The van der Waals surface area contributed by atoms with Gasteiger partial charge in [0.15, 0.2) is 0 Å². The van der Waals surface area contributed by atoms with E-state index in [0.29, 0.717) is 11.4 Å². The van der Waals surface area contributed by atoms with E-state index in [1.54, 1.807) is 6.07 Å². The molecule has 1 aliphatic rings. The van der Waals surface area contributed by atoms with Crippen molar-refractivity contribution < 1.29 is 4.39 Å². The molecule has 13 heavy (non-hydrogen) atoms. The number of anilines is 1. The molecule has 0 spiro atoms. The quantitative estimate of drug-likeness (QED) is 0.771. The van der Waals surface area contributed by atoms with Gasteiger partial charge in [-0.2, -0.15) is 0 Å². The molecule has 1 fully saturated rings. The minimum Gasteiger partial charge on any atom is -0.378 e. The van der Waals surface area contributed by atoms with Crippen LogP contribution in [0.1, 0.15) is 12.8 Å². The molecule has 0 heterocycles. The zero-order chi connectivity index (χ0) is 9.26. The van der Waals surface area contributed by atoms with Crippen LogP contribution in [0.15, 0.2) is 24.3 Å². The van der Waals surface area contributed by atoms with E-state index < -0.39 is 6.17 Å². The smallest absolute Gasteiger partial charge is 0.120 e. The first-order chi connectivity index (χ1) is 6.27. The van der Waals surface area contributed by atoms with E-state index in [0.717, 1.165) is 12.1 Å². The Balaban J connectivity index is 2.05. The van der Waals surface area contributed by atoms with Crippen molar-refractivity contribution in [3.8, 4) is 0 Å². The normalized spacial score (nSPS) is 26.6. The van der Waals surface area contributed by atoms with Crippen LogP contribution in [0.2, 0.25) is 5.02 Å². The molecule has 1 N–H and O–H groups in total. The van der Waals surface area contributed by atoms with E-state index in [1.165, 1.54) is 0 Å². The molecule has 70 valence electrons. The summed E-state index contributed by atoms with van der Waals surface area (Å²) in [4.78, 5) is 0. The van der Waals surface area contributed by atoms with Crippen molar-refractivity contribution in [2.24, 2.45) is 0 Å². The number of hydrogen-bond acceptors (Lipinski definition) is 1. The summed E-state index contributed by atoms with van der Waals surface area (Å²) < 4.78 is 12.9. The number of hydrogen-bond donors (Lipinski definition) is 1. The second-order valence-corrected chi connectivity index (χ2v) is 3.73. The average Bonchev–Trinajstić information content (AvgIpc) is 2.14. The average molecular weight is 200 g/mol. The molecule has 1 aromatic carbocycles. The third kappa shape index (κ3) is 1.78. The van der Waals surface area contributed by atoms with Gasteiger partial charge in [-0.1, -0.05) is 23.7 Å². The fraction of sp³-hybridized carbons (Fsp3) is 0.400. The van der Waals surface area contributed by atoms with Crippen molar-refractivity contribution in [1.82, 2.24) is 0 Å². The fourth-order valence-electron chi connectivity index (χ4n) is 1.40. The summed E-state index contributed by atoms with van der Waals surface area (Å²) in [5.74, 6) is 0. The summed E-state index contributed by atoms with van der Waals surface area (Å²) in [6.07, 6.45) is 0.852. The number of para-hydroxylation sites is 1. The van der Waals surface area contributed by atoms with Crippen molar-refractivity contribution >= 4 is 17.3 Å². The van der Waals surface area contributed by atoms with Gasteiger partial charge in [-0.3, -0.25) is 0 Å². The first-order valence-electron chi connectivity index (χ1n) is 4.42. The van der Waals surface area contributed by atoms with Crippen molar-refractivity contribution in [3.05, 3.63) is 29.3 Å². The molecule has 0 aromatic heterocycles. The molecule has 2 unspecified atom stereocenters. The molecule has 0 amide bonds. The summed E-state index contributed by atoms with van der Waals surface area (Å²) in [6.45, 7) is 0. The minimum atomic E-state index is -0.712. The third-order valence-corrected chi connectivity index (χ3v) is 2.73. The van der Waals surface area contributed by atoms with Crippen LogP contribution >= 0.6 is 11.6 Å². The lowest BCUT2D eigenvalue weighted by Gasteiger charge is -2.32. The summed E-state index contributed by atoms with van der Waals surface area (Å²) in [7, 11) is 0. The highest BCUT2D eigenvalue weighted by Gasteiger charge is 2.30. The zero-order valence-electron chi connectivity index (χ0n) is 7.13. The lowest BCUT2D eigenvalue weighted by atomic mass is 9.90. The fourth-order valence-corrected chi connectivity index (χ4v) is 1.59. The minimum absolute atomic E-state index is 0.0418. The summed E-state index contributed by atoms with van der Waals surface area (Å²) in [5.41, 5.74) is 0.830. The Kier molecular flexibility index (Phi) is 2.40. The zero-order valence-corrected chi connectivity index (χ0v) is 7.89. The molecule has 0 radical (unpaired) electrons. The van der Waals surface area contributed by atoms with Crippen LogP contribution in [0.25, 0.3) is 0 Å². The summed E-state index contributed by atoms with van der Waals surface area (Å²) in [5, 5.41) is 3.74. The second kappa shape index (κ2) is 3.54. The number of halogens is 2. The van der Waals surface area contributed by atoms with Gasteiger partial charge in [-0.15, -0.1) is 0 Å². The van der Waals surface area contributed by atoms with Gasteiger partial charge < -0.3 is 5.32 Å². The molecule has 2 atom stereocenters. The van der Waals surface area contributed by atoms with Crippen LogP contribution in [-0.4, -0.2) is 12.2 Å². The third-order valence-electron chi connectivity index (χ3n) is 2.40. The van der Waals surface area contributed by atoms with Gasteiger partial charge >= 0.3 is 0 Å². The highest BCUT2D eigenvalue weighted by Crippen LogP contribution is 2.29. The number of alkyl halides is 1. The van der Waals surface area contributed by atoms with Crippen LogP contribution in [-0.2, 0) is 0 Å². The number of rotatable bonds is 2. The topological polar surface area (TPSA) is 12.0 Å². The predicted molar refractivity (Wildman–Crippen MR) is 53.0 cm³/mol. The Morgan fingerprint density at radius 3 is 2.62 bits per heavy atom. The van der Waals surface area contributed by atoms with Crippen LogP contribution in [0.3, 0.4) is 0 Å². The van der Waals surface area contributed by atoms with E-state index >= 15 is 0 Å². The Hall–Kier alpha value is -0.760. The Bertz CT molecular complexity index is 303. The van der Waals surface area contributed by atoms with Crippen molar-refractivity contribution in [1.29, 1.82) is 0 Å². The van der Waals surface area contributed by atoms with Crippen molar-refractivity contribution in [2.75, 3.05) is 5.32 Å². The second-order valence-electron chi connectivity index (χ2n) is 3.32. The van der Waals surface area contributed by atoms with Crippen molar-refractivity contribution in [3.63, 3.8) is 0 Å². The Morgan fingerprint density at radius 1 is 1.31 bits per heavy atom. The maximum atomic E-state index is 12.9. The Labute approximate surface area is 81.9 Å². The molecule has 1 nitrogen and oxygen atoms in total. The largest absolute Gasteiger partial charge is 0.378 e. The predicted octanol–water partition coefficient (Wildman–Crippen LogP) is 3.25. The maximum absolute atomic E-state index is 12.9. The van der Waals surface area contributed by atoms with E-state index in [-0.39, 0.29) is 6.04 Å². The molecular weight excluding hydrogens is 189 g/mol. The van der Waals surface area contributed by atoms with Gasteiger partial charge in [0.05, 0.1) is 16.8 Å². The Morgan fingerprint density at radius 2 is 2.08 bits per heavy atom. The summed E-state index contributed by atoms with van der Waals surface area (Å²) in [6, 6.07) is 7.38. The highest BCUT2D eigenvalue weighted by atomic mass is 35.5. The van der Waals surface area contributed by atoms with Gasteiger partial charge in [0.2, 0.25) is 0 Å². The molecule has 3 heteroatoms. The van der Waals surface area contributed by atoms with Crippen LogP contribution < -0.4 is 5.32 Å².